The van der Waals surface area contributed by atoms with Gasteiger partial charge in [0.15, 0.2) is 9.84 Å². The fourth-order valence-electron chi connectivity index (χ4n) is 4.29. The van der Waals surface area contributed by atoms with Gasteiger partial charge in [-0.1, -0.05) is 0 Å². The van der Waals surface area contributed by atoms with Crippen molar-refractivity contribution in [2.75, 3.05) is 41.5 Å². The van der Waals surface area contributed by atoms with Crippen LogP contribution in [0.25, 0.3) is 0 Å². The minimum Gasteiger partial charge on any atom is -0.474 e. The maximum absolute atomic E-state index is 11.8. The van der Waals surface area contributed by atoms with Crippen molar-refractivity contribution in [1.82, 2.24) is 19.9 Å². The second-order valence-electron chi connectivity index (χ2n) is 8.76. The molecule has 0 amide bonds. The molecule has 0 aromatic carbocycles. The fourth-order valence-corrected chi connectivity index (χ4v) is 5.02. The quantitative estimate of drug-likeness (QED) is 0.562. The number of aryl methyl sites for hydroxylation is 1. The molecule has 2 N–H and O–H groups in total. The highest BCUT2D eigenvalue weighted by Crippen LogP contribution is 2.36. The topological polar surface area (TPSA) is 122 Å². The lowest BCUT2D eigenvalue weighted by Crippen LogP contribution is -2.32. The van der Waals surface area contributed by atoms with E-state index in [1.807, 2.05) is 25.4 Å². The molecule has 0 fully saturated rings. The van der Waals surface area contributed by atoms with E-state index < -0.39 is 9.84 Å². The van der Waals surface area contributed by atoms with Gasteiger partial charge < -0.3 is 20.3 Å². The molecule has 0 unspecified atom stereocenters. The molecule has 0 bridgehead atoms. The summed E-state index contributed by atoms with van der Waals surface area (Å²) in [6.07, 6.45) is 7.38. The van der Waals surface area contributed by atoms with Crippen molar-refractivity contribution in [1.29, 1.82) is 0 Å². The maximum Gasteiger partial charge on any atom is 0.237 e. The molecule has 11 heteroatoms. The number of nitrogens with one attached hydrogen (secondary N) is 2. The summed E-state index contributed by atoms with van der Waals surface area (Å²) in [6.45, 7) is 6.82. The van der Waals surface area contributed by atoms with E-state index in [9.17, 15) is 8.42 Å². The predicted molar refractivity (Wildman–Crippen MR) is 131 cm³/mol. The molecule has 34 heavy (non-hydrogen) atoms. The van der Waals surface area contributed by atoms with Gasteiger partial charge in [-0.05, 0) is 37.5 Å². The van der Waals surface area contributed by atoms with Crippen LogP contribution in [-0.4, -0.2) is 54.3 Å². The summed E-state index contributed by atoms with van der Waals surface area (Å²) in [7, 11) is -3.24. The van der Waals surface area contributed by atoms with Crippen LogP contribution >= 0.6 is 0 Å². The molecular formula is C23H27N7O3S. The monoisotopic (exact) mass is 481 g/mol. The van der Waals surface area contributed by atoms with Crippen LogP contribution in [0.1, 0.15) is 28.1 Å². The van der Waals surface area contributed by atoms with E-state index in [0.29, 0.717) is 36.4 Å². The Morgan fingerprint density at radius 1 is 1.18 bits per heavy atom. The summed E-state index contributed by atoms with van der Waals surface area (Å²) in [5.74, 6) is 0.907. The van der Waals surface area contributed by atoms with Gasteiger partial charge in [-0.25, -0.2) is 23.4 Å². The van der Waals surface area contributed by atoms with Crippen LogP contribution in [0.15, 0.2) is 24.7 Å². The Morgan fingerprint density at radius 3 is 2.85 bits per heavy atom. The van der Waals surface area contributed by atoms with Crippen molar-refractivity contribution in [3.05, 3.63) is 52.7 Å². The van der Waals surface area contributed by atoms with Gasteiger partial charge in [-0.2, -0.15) is 0 Å². The highest BCUT2D eigenvalue weighted by molar-refractivity contribution is 7.89. The molecular weight excluding hydrogens is 454 g/mol. The van der Waals surface area contributed by atoms with Crippen LogP contribution < -0.4 is 20.3 Å². The lowest BCUT2D eigenvalue weighted by molar-refractivity contribution is 0.310. The van der Waals surface area contributed by atoms with Crippen LogP contribution in [0.4, 0.5) is 23.0 Å². The van der Waals surface area contributed by atoms with Gasteiger partial charge in [0, 0.05) is 37.3 Å². The third kappa shape index (κ3) is 4.60. The third-order valence-corrected chi connectivity index (χ3v) is 6.76. The second-order valence-corrected chi connectivity index (χ2v) is 10.9. The van der Waals surface area contributed by atoms with Crippen molar-refractivity contribution in [3.63, 3.8) is 0 Å². The van der Waals surface area contributed by atoms with Crippen LogP contribution in [0.5, 0.6) is 5.88 Å². The molecule has 10 nitrogen and oxygen atoms in total. The Bertz CT molecular complexity index is 1360. The zero-order valence-corrected chi connectivity index (χ0v) is 20.2. The number of hydrogen-bond donors (Lipinski definition) is 2. The minimum atomic E-state index is -3.24. The molecule has 0 saturated heterocycles. The number of aromatic nitrogens is 4. The average Bonchev–Trinajstić information content (AvgIpc) is 2.80. The van der Waals surface area contributed by atoms with Crippen LogP contribution in [-0.2, 0) is 28.6 Å². The molecule has 2 aliphatic rings. The average molecular weight is 482 g/mol. The smallest absolute Gasteiger partial charge is 0.237 e. The molecule has 0 saturated carbocycles. The Hall–Kier alpha value is -3.47. The van der Waals surface area contributed by atoms with Gasteiger partial charge in [-0.15, -0.1) is 0 Å². The van der Waals surface area contributed by atoms with Crippen molar-refractivity contribution in [3.8, 4) is 5.88 Å². The van der Waals surface area contributed by atoms with Crippen molar-refractivity contribution < 1.29 is 13.2 Å². The summed E-state index contributed by atoms with van der Waals surface area (Å²) < 4.78 is 29.4. The lowest BCUT2D eigenvalue weighted by Gasteiger charge is -2.32. The lowest BCUT2D eigenvalue weighted by atomic mass is 10.0. The molecule has 0 spiro atoms. The van der Waals surface area contributed by atoms with Gasteiger partial charge in [0.05, 0.1) is 41.3 Å². The molecule has 5 heterocycles. The Balaban J connectivity index is 1.41. The SMILES string of the molecule is Cc1cnc(CS(C)(=O)=O)c(Nc2ncc3c(n2)CN(c2cnc4c(c2C)NCCO4)CC3)c1. The molecule has 0 radical (unpaired) electrons. The van der Waals surface area contributed by atoms with Crippen LogP contribution in [0.2, 0.25) is 0 Å². The number of ether oxygens (including phenoxy) is 1. The molecule has 178 valence electrons. The first-order chi connectivity index (χ1) is 16.3. The van der Waals surface area contributed by atoms with Crippen LogP contribution in [0, 0.1) is 13.8 Å². The molecule has 0 aliphatic carbocycles. The highest BCUT2D eigenvalue weighted by atomic mass is 32.2. The Kier molecular flexibility index (Phi) is 5.72. The largest absolute Gasteiger partial charge is 0.474 e. The number of fused-ring (bicyclic) bond motifs is 2. The Morgan fingerprint density at radius 2 is 2.03 bits per heavy atom. The number of nitrogens with zero attached hydrogens (tertiary/aromatic N) is 5. The molecule has 2 aliphatic heterocycles. The third-order valence-electron chi connectivity index (χ3n) is 5.96. The molecule has 5 rings (SSSR count). The zero-order chi connectivity index (χ0) is 23.9. The summed E-state index contributed by atoms with van der Waals surface area (Å²) in [6, 6.07) is 1.86. The fraction of sp³-hybridized carbons (Fsp3) is 0.391. The summed E-state index contributed by atoms with van der Waals surface area (Å²) in [5.41, 5.74) is 7.09. The number of pyridine rings is 2. The first-order valence-corrected chi connectivity index (χ1v) is 13.2. The van der Waals surface area contributed by atoms with Gasteiger partial charge in [0.1, 0.15) is 12.3 Å². The number of anilines is 4. The predicted octanol–water partition coefficient (Wildman–Crippen LogP) is 2.54. The van der Waals surface area contributed by atoms with E-state index in [0.717, 1.165) is 53.3 Å². The van der Waals surface area contributed by atoms with Gasteiger partial charge >= 0.3 is 0 Å². The number of hydrogen-bond acceptors (Lipinski definition) is 10. The zero-order valence-electron chi connectivity index (χ0n) is 19.4. The second kappa shape index (κ2) is 8.71. The standard InChI is InChI=1S/C23H27N7O3S/c1-14-8-17(19(25-9-14)13-34(3,31)32)28-23-27-10-16-4-6-30(12-18(16)29-23)20-11-26-22-21(15(20)2)24-5-7-33-22/h8-11,24H,4-7,12-13H2,1-3H3,(H,27,28,29). The van der Waals surface area contributed by atoms with E-state index in [4.69, 9.17) is 9.72 Å². The molecule has 0 atom stereocenters. The normalized spacial score (nSPS) is 15.1. The van der Waals surface area contributed by atoms with Gasteiger partial charge in [0.2, 0.25) is 11.8 Å². The number of sulfone groups is 1. The maximum atomic E-state index is 11.8. The Labute approximate surface area is 198 Å². The van der Waals surface area contributed by atoms with Crippen molar-refractivity contribution >= 4 is 32.8 Å². The summed E-state index contributed by atoms with van der Waals surface area (Å²) in [5, 5.41) is 6.58. The van der Waals surface area contributed by atoms with Gasteiger partial charge in [0.25, 0.3) is 0 Å². The molecule has 3 aromatic rings. The number of rotatable bonds is 5. The van der Waals surface area contributed by atoms with Crippen molar-refractivity contribution in [2.45, 2.75) is 32.6 Å². The summed E-state index contributed by atoms with van der Waals surface area (Å²) >= 11 is 0. The van der Waals surface area contributed by atoms with E-state index in [1.165, 1.54) is 6.26 Å². The van der Waals surface area contributed by atoms with E-state index in [1.54, 1.807) is 6.20 Å². The minimum absolute atomic E-state index is 0.156. The first-order valence-electron chi connectivity index (χ1n) is 11.1. The molecule has 3 aromatic heterocycles. The first kappa shape index (κ1) is 22.3. The van der Waals surface area contributed by atoms with Crippen molar-refractivity contribution in [2.24, 2.45) is 0 Å². The highest BCUT2D eigenvalue weighted by Gasteiger charge is 2.24. The van der Waals surface area contributed by atoms with E-state index in [-0.39, 0.29) is 5.75 Å². The van der Waals surface area contributed by atoms with Gasteiger partial charge in [-0.3, -0.25) is 4.98 Å². The van der Waals surface area contributed by atoms with E-state index in [2.05, 4.69) is 37.4 Å². The van der Waals surface area contributed by atoms with E-state index >= 15 is 0 Å². The van der Waals surface area contributed by atoms with Crippen LogP contribution in [0.3, 0.4) is 0 Å². The summed E-state index contributed by atoms with van der Waals surface area (Å²) in [4.78, 5) is 20.3.